The van der Waals surface area contributed by atoms with Crippen molar-refractivity contribution < 1.29 is 9.53 Å². The summed E-state index contributed by atoms with van der Waals surface area (Å²) < 4.78 is 5.12. The summed E-state index contributed by atoms with van der Waals surface area (Å²) >= 11 is 0. The molecule has 0 radical (unpaired) electrons. The van der Waals surface area contributed by atoms with E-state index in [1.807, 2.05) is 51.1 Å². The summed E-state index contributed by atoms with van der Waals surface area (Å²) in [4.78, 5) is 11.4. The van der Waals surface area contributed by atoms with E-state index in [0.717, 1.165) is 5.56 Å². The van der Waals surface area contributed by atoms with Crippen LogP contribution >= 0.6 is 12.4 Å². The molecule has 0 spiro atoms. The van der Waals surface area contributed by atoms with Crippen LogP contribution in [-0.2, 0) is 4.74 Å². The van der Waals surface area contributed by atoms with E-state index in [9.17, 15) is 4.79 Å². The molecule has 0 fully saturated rings. The predicted octanol–water partition coefficient (Wildman–Crippen LogP) is 2.63. The number of hydrogen-bond donors (Lipinski definition) is 2. The Hall–Kier alpha value is -1.26. The molecule has 1 atom stereocenters. The highest BCUT2D eigenvalue weighted by molar-refractivity contribution is 5.85. The van der Waals surface area contributed by atoms with Crippen LogP contribution in [-0.4, -0.2) is 18.2 Å². The van der Waals surface area contributed by atoms with Crippen LogP contribution in [0.1, 0.15) is 32.4 Å². The van der Waals surface area contributed by atoms with Crippen LogP contribution in [0.5, 0.6) is 0 Å². The molecule has 0 saturated heterocycles. The van der Waals surface area contributed by atoms with Gasteiger partial charge in [-0.15, -0.1) is 12.4 Å². The van der Waals surface area contributed by atoms with Gasteiger partial charge < -0.3 is 15.8 Å². The largest absolute Gasteiger partial charge is 0.444 e. The van der Waals surface area contributed by atoms with Crippen LogP contribution in [0.2, 0.25) is 0 Å². The van der Waals surface area contributed by atoms with Gasteiger partial charge in [-0.2, -0.15) is 0 Å². The molecular weight excluding hydrogens is 252 g/mol. The third-order valence-electron chi connectivity index (χ3n) is 2.09. The maximum absolute atomic E-state index is 11.4. The lowest BCUT2D eigenvalue weighted by molar-refractivity contribution is 0.0524. The molecule has 0 bridgehead atoms. The molecule has 1 amide bonds. The highest BCUT2D eigenvalue weighted by atomic mass is 35.5. The summed E-state index contributed by atoms with van der Waals surface area (Å²) in [6.07, 6.45) is -0.441. The fourth-order valence-corrected chi connectivity index (χ4v) is 1.33. The Morgan fingerprint density at radius 3 is 2.39 bits per heavy atom. The van der Waals surface area contributed by atoms with Gasteiger partial charge in [-0.1, -0.05) is 30.3 Å². The minimum atomic E-state index is -0.485. The second-order valence-corrected chi connectivity index (χ2v) is 4.90. The minimum absolute atomic E-state index is 0. The van der Waals surface area contributed by atoms with Crippen molar-refractivity contribution in [2.45, 2.75) is 32.4 Å². The molecule has 0 aliphatic carbocycles. The van der Waals surface area contributed by atoms with Crippen LogP contribution < -0.4 is 11.1 Å². The standard InChI is InChI=1S/C13H20N2O2.ClH/c1-13(2,3)17-12(16)15-9-11(14)10-7-5-4-6-8-10;/h4-8,11H,9,14H2,1-3H3,(H,15,16);1H/t11-;/m1./s1. The van der Waals surface area contributed by atoms with E-state index in [0.29, 0.717) is 6.54 Å². The van der Waals surface area contributed by atoms with Crippen molar-refractivity contribution in [3.05, 3.63) is 35.9 Å². The maximum Gasteiger partial charge on any atom is 0.407 e. The van der Waals surface area contributed by atoms with Crippen LogP contribution in [0, 0.1) is 0 Å². The van der Waals surface area contributed by atoms with E-state index in [1.54, 1.807) is 0 Å². The Labute approximate surface area is 114 Å². The van der Waals surface area contributed by atoms with Crippen molar-refractivity contribution in [2.75, 3.05) is 6.54 Å². The molecule has 0 aliphatic heterocycles. The van der Waals surface area contributed by atoms with E-state index >= 15 is 0 Å². The third kappa shape index (κ3) is 6.47. The molecule has 0 aliphatic rings. The molecule has 3 N–H and O–H groups in total. The van der Waals surface area contributed by atoms with Crippen molar-refractivity contribution in [1.29, 1.82) is 0 Å². The third-order valence-corrected chi connectivity index (χ3v) is 2.09. The molecule has 5 heteroatoms. The SMILES string of the molecule is CC(C)(C)OC(=O)NC[C@@H](N)c1ccccc1.Cl. The number of nitrogens with one attached hydrogen (secondary N) is 1. The Kier molecular flexibility index (Phi) is 6.73. The zero-order chi connectivity index (χ0) is 12.9. The van der Waals surface area contributed by atoms with Crippen molar-refractivity contribution in [2.24, 2.45) is 5.73 Å². The monoisotopic (exact) mass is 272 g/mol. The Morgan fingerprint density at radius 2 is 1.89 bits per heavy atom. The van der Waals surface area contributed by atoms with Gasteiger partial charge in [0.15, 0.2) is 0 Å². The smallest absolute Gasteiger partial charge is 0.407 e. The molecule has 0 aromatic heterocycles. The average molecular weight is 273 g/mol. The van der Waals surface area contributed by atoms with E-state index < -0.39 is 11.7 Å². The van der Waals surface area contributed by atoms with Crippen LogP contribution in [0.25, 0.3) is 0 Å². The summed E-state index contributed by atoms with van der Waals surface area (Å²) in [5.41, 5.74) is 6.44. The lowest BCUT2D eigenvalue weighted by atomic mass is 10.1. The Bertz CT molecular complexity index is 363. The molecule has 0 saturated carbocycles. The highest BCUT2D eigenvalue weighted by Gasteiger charge is 2.16. The molecule has 102 valence electrons. The Morgan fingerprint density at radius 1 is 1.33 bits per heavy atom. The minimum Gasteiger partial charge on any atom is -0.444 e. The number of hydrogen-bond acceptors (Lipinski definition) is 3. The van der Waals surface area contributed by atoms with Crippen molar-refractivity contribution in [3.8, 4) is 0 Å². The maximum atomic E-state index is 11.4. The predicted molar refractivity (Wildman–Crippen MR) is 74.9 cm³/mol. The van der Waals surface area contributed by atoms with Crippen molar-refractivity contribution in [1.82, 2.24) is 5.32 Å². The van der Waals surface area contributed by atoms with Gasteiger partial charge in [-0.3, -0.25) is 0 Å². The highest BCUT2D eigenvalue weighted by Crippen LogP contribution is 2.09. The summed E-state index contributed by atoms with van der Waals surface area (Å²) in [5, 5.41) is 2.65. The van der Waals surface area contributed by atoms with Gasteiger partial charge in [0, 0.05) is 12.6 Å². The van der Waals surface area contributed by atoms with Gasteiger partial charge in [0.05, 0.1) is 0 Å². The van der Waals surface area contributed by atoms with Crippen molar-refractivity contribution in [3.63, 3.8) is 0 Å². The average Bonchev–Trinajstić information content (AvgIpc) is 2.25. The fourth-order valence-electron chi connectivity index (χ4n) is 1.33. The molecule has 1 aromatic carbocycles. The zero-order valence-corrected chi connectivity index (χ0v) is 11.8. The van der Waals surface area contributed by atoms with E-state index in [-0.39, 0.29) is 18.4 Å². The normalized spacial score (nSPS) is 12.2. The van der Waals surface area contributed by atoms with Gasteiger partial charge in [0.25, 0.3) is 0 Å². The first-order valence-corrected chi connectivity index (χ1v) is 5.66. The van der Waals surface area contributed by atoms with Gasteiger partial charge >= 0.3 is 6.09 Å². The zero-order valence-electron chi connectivity index (χ0n) is 11.0. The number of carbonyl (C=O) groups is 1. The topological polar surface area (TPSA) is 64.3 Å². The molecule has 1 rings (SSSR count). The van der Waals surface area contributed by atoms with Crippen LogP contribution in [0.3, 0.4) is 0 Å². The first-order chi connectivity index (χ1) is 7.88. The number of rotatable bonds is 3. The van der Waals surface area contributed by atoms with Gasteiger partial charge in [-0.25, -0.2) is 4.79 Å². The van der Waals surface area contributed by atoms with Crippen LogP contribution in [0.4, 0.5) is 4.79 Å². The summed E-state index contributed by atoms with van der Waals surface area (Å²) in [6.45, 7) is 5.83. The van der Waals surface area contributed by atoms with Crippen molar-refractivity contribution >= 4 is 18.5 Å². The Balaban J connectivity index is 0.00000289. The first kappa shape index (κ1) is 16.7. The first-order valence-electron chi connectivity index (χ1n) is 5.66. The van der Waals surface area contributed by atoms with E-state index in [4.69, 9.17) is 10.5 Å². The number of amides is 1. The number of alkyl carbamates (subject to hydrolysis) is 1. The number of benzene rings is 1. The number of ether oxygens (including phenoxy) is 1. The number of nitrogens with two attached hydrogens (primary N) is 1. The fraction of sp³-hybridized carbons (Fsp3) is 0.462. The summed E-state index contributed by atoms with van der Waals surface area (Å²) in [7, 11) is 0. The lowest BCUT2D eigenvalue weighted by Gasteiger charge is -2.20. The van der Waals surface area contributed by atoms with Gasteiger partial charge in [0.2, 0.25) is 0 Å². The molecule has 1 aromatic rings. The molecular formula is C13H21ClN2O2. The second-order valence-electron chi connectivity index (χ2n) is 4.90. The molecule has 18 heavy (non-hydrogen) atoms. The lowest BCUT2D eigenvalue weighted by Crippen LogP contribution is -2.36. The second kappa shape index (κ2) is 7.24. The molecule has 0 heterocycles. The number of halogens is 1. The molecule has 4 nitrogen and oxygen atoms in total. The van der Waals surface area contributed by atoms with Gasteiger partial charge in [-0.05, 0) is 26.3 Å². The van der Waals surface area contributed by atoms with Gasteiger partial charge in [0.1, 0.15) is 5.60 Å². The summed E-state index contributed by atoms with van der Waals surface area (Å²) in [5.74, 6) is 0. The quantitative estimate of drug-likeness (QED) is 0.889. The molecule has 0 unspecified atom stereocenters. The summed E-state index contributed by atoms with van der Waals surface area (Å²) in [6, 6.07) is 9.41. The van der Waals surface area contributed by atoms with Crippen LogP contribution in [0.15, 0.2) is 30.3 Å². The van der Waals surface area contributed by atoms with E-state index in [1.165, 1.54) is 0 Å². The number of carbonyl (C=O) groups excluding carboxylic acids is 1. The van der Waals surface area contributed by atoms with E-state index in [2.05, 4.69) is 5.32 Å².